The van der Waals surface area contributed by atoms with Gasteiger partial charge in [0.2, 0.25) is 0 Å². The fourth-order valence-electron chi connectivity index (χ4n) is 2.54. The average molecular weight is 344 g/mol. The zero-order chi connectivity index (χ0) is 14.8. The van der Waals surface area contributed by atoms with Crippen molar-refractivity contribution in [3.8, 4) is 0 Å². The maximum absolute atomic E-state index is 12.5. The number of hydrogen-bond acceptors (Lipinski definition) is 1. The first-order chi connectivity index (χ1) is 10.1. The summed E-state index contributed by atoms with van der Waals surface area (Å²) >= 11 is 3.44. The second-order valence-electron chi connectivity index (χ2n) is 5.68. The maximum atomic E-state index is 12.5. The maximum Gasteiger partial charge on any atom is 0.252 e. The van der Waals surface area contributed by atoms with Crippen LogP contribution in [0.3, 0.4) is 0 Å². The first-order valence-electron chi connectivity index (χ1n) is 7.27. The van der Waals surface area contributed by atoms with Gasteiger partial charge >= 0.3 is 0 Å². The topological polar surface area (TPSA) is 29.1 Å². The molecule has 2 nitrogen and oxygen atoms in total. The Labute approximate surface area is 133 Å². The average Bonchev–Trinajstić information content (AvgIpc) is 3.31. The van der Waals surface area contributed by atoms with E-state index in [1.165, 1.54) is 24.0 Å². The fraction of sp³-hybridized carbons (Fsp3) is 0.278. The van der Waals surface area contributed by atoms with E-state index in [0.717, 1.165) is 4.47 Å². The summed E-state index contributed by atoms with van der Waals surface area (Å²) in [5, 5.41) is 3.20. The smallest absolute Gasteiger partial charge is 0.252 e. The molecule has 1 aliphatic carbocycles. The van der Waals surface area contributed by atoms with Gasteiger partial charge in [0.25, 0.3) is 5.91 Å². The summed E-state index contributed by atoms with van der Waals surface area (Å²) < 4.78 is 0.834. The van der Waals surface area contributed by atoms with Crippen molar-refractivity contribution in [2.24, 2.45) is 5.92 Å². The zero-order valence-electron chi connectivity index (χ0n) is 12.0. The molecule has 0 bridgehead atoms. The summed E-state index contributed by atoms with van der Waals surface area (Å²) in [5.74, 6) is 0.555. The van der Waals surface area contributed by atoms with Crippen molar-refractivity contribution in [1.29, 1.82) is 0 Å². The quantitative estimate of drug-likeness (QED) is 0.860. The summed E-state index contributed by atoms with van der Waals surface area (Å²) in [6.07, 6.45) is 2.38. The van der Waals surface area contributed by atoms with E-state index in [0.29, 0.717) is 11.5 Å². The van der Waals surface area contributed by atoms with E-state index in [9.17, 15) is 4.79 Å². The van der Waals surface area contributed by atoms with Gasteiger partial charge in [0, 0.05) is 4.47 Å². The third kappa shape index (κ3) is 3.35. The number of benzene rings is 2. The fourth-order valence-corrected chi connectivity index (χ4v) is 3.01. The predicted octanol–water partition coefficient (Wildman–Crippen LogP) is 4.64. The Bertz CT molecular complexity index is 647. The molecule has 108 valence electrons. The Morgan fingerprint density at radius 1 is 1.14 bits per heavy atom. The molecule has 0 saturated heterocycles. The van der Waals surface area contributed by atoms with E-state index < -0.39 is 0 Å². The van der Waals surface area contributed by atoms with E-state index in [4.69, 9.17) is 0 Å². The number of hydrogen-bond donors (Lipinski definition) is 1. The molecule has 0 heterocycles. The van der Waals surface area contributed by atoms with Crippen molar-refractivity contribution in [2.75, 3.05) is 0 Å². The van der Waals surface area contributed by atoms with E-state index >= 15 is 0 Å². The largest absolute Gasteiger partial charge is 0.345 e. The van der Waals surface area contributed by atoms with Crippen LogP contribution in [0.5, 0.6) is 0 Å². The normalized spacial score (nSPS) is 15.5. The van der Waals surface area contributed by atoms with Crippen LogP contribution >= 0.6 is 15.9 Å². The highest BCUT2D eigenvalue weighted by atomic mass is 79.9. The van der Waals surface area contributed by atoms with E-state index in [1.807, 2.05) is 24.3 Å². The van der Waals surface area contributed by atoms with Crippen molar-refractivity contribution < 1.29 is 4.79 Å². The summed E-state index contributed by atoms with van der Waals surface area (Å²) in [6.45, 7) is 2.08. The van der Waals surface area contributed by atoms with Gasteiger partial charge in [-0.1, -0.05) is 42.0 Å². The van der Waals surface area contributed by atoms with Crippen LogP contribution in [-0.2, 0) is 0 Å². The molecule has 0 spiro atoms. The monoisotopic (exact) mass is 343 g/mol. The van der Waals surface area contributed by atoms with Crippen molar-refractivity contribution >= 4 is 21.8 Å². The molecule has 0 aromatic heterocycles. The molecule has 1 saturated carbocycles. The second-order valence-corrected chi connectivity index (χ2v) is 6.53. The minimum Gasteiger partial charge on any atom is -0.345 e. The highest BCUT2D eigenvalue weighted by Gasteiger charge is 2.33. The molecule has 3 heteroatoms. The molecule has 0 radical (unpaired) electrons. The van der Waals surface area contributed by atoms with Gasteiger partial charge < -0.3 is 5.32 Å². The molecule has 1 aliphatic rings. The van der Waals surface area contributed by atoms with Gasteiger partial charge in [-0.2, -0.15) is 0 Å². The predicted molar refractivity (Wildman–Crippen MR) is 88.3 cm³/mol. The molecule has 1 unspecified atom stereocenters. The lowest BCUT2D eigenvalue weighted by atomic mass is 10.0. The molecule has 2 aromatic rings. The van der Waals surface area contributed by atoms with Crippen LogP contribution in [0.1, 0.15) is 40.4 Å². The van der Waals surface area contributed by atoms with Gasteiger partial charge in [-0.15, -0.1) is 0 Å². The minimum absolute atomic E-state index is 0.0139. The summed E-state index contributed by atoms with van der Waals surface area (Å²) in [6, 6.07) is 16.1. The van der Waals surface area contributed by atoms with Gasteiger partial charge in [0.15, 0.2) is 0 Å². The molecule has 1 atom stereocenters. The van der Waals surface area contributed by atoms with Gasteiger partial charge in [-0.3, -0.25) is 4.79 Å². The highest BCUT2D eigenvalue weighted by molar-refractivity contribution is 9.10. The Morgan fingerprint density at radius 3 is 2.43 bits per heavy atom. The molecule has 21 heavy (non-hydrogen) atoms. The standard InChI is InChI=1S/C18H18BrNO/c1-12-6-8-13(9-7-12)17(14-10-11-14)20-18(21)15-4-2-3-5-16(15)19/h2-9,14,17H,10-11H2,1H3,(H,20,21). The second kappa shape index (κ2) is 6.02. The van der Waals surface area contributed by atoms with Gasteiger partial charge in [-0.05, 0) is 59.3 Å². The molecule has 1 N–H and O–H groups in total. The lowest BCUT2D eigenvalue weighted by Crippen LogP contribution is -2.30. The van der Waals surface area contributed by atoms with Crippen LogP contribution in [0.2, 0.25) is 0 Å². The first kappa shape index (κ1) is 14.3. The number of carbonyl (C=O) groups excluding carboxylic acids is 1. The SMILES string of the molecule is Cc1ccc(C(NC(=O)c2ccccc2Br)C2CC2)cc1. The number of rotatable bonds is 4. The molecular weight excluding hydrogens is 326 g/mol. The minimum atomic E-state index is -0.0139. The van der Waals surface area contributed by atoms with Crippen LogP contribution in [0.15, 0.2) is 53.0 Å². The Balaban J connectivity index is 1.81. The van der Waals surface area contributed by atoms with Crippen LogP contribution in [0, 0.1) is 12.8 Å². The molecule has 0 aliphatic heterocycles. The highest BCUT2D eigenvalue weighted by Crippen LogP contribution is 2.41. The van der Waals surface area contributed by atoms with E-state index in [-0.39, 0.29) is 11.9 Å². The third-order valence-corrected chi connectivity index (χ3v) is 4.63. The van der Waals surface area contributed by atoms with E-state index in [2.05, 4.69) is 52.4 Å². The van der Waals surface area contributed by atoms with Gasteiger partial charge in [0.1, 0.15) is 0 Å². The molecule has 1 fully saturated rings. The number of aryl methyl sites for hydroxylation is 1. The van der Waals surface area contributed by atoms with Crippen molar-refractivity contribution in [3.05, 3.63) is 69.7 Å². The summed E-state index contributed by atoms with van der Waals surface area (Å²) in [4.78, 5) is 12.5. The van der Waals surface area contributed by atoms with Crippen molar-refractivity contribution in [1.82, 2.24) is 5.32 Å². The number of nitrogens with one attached hydrogen (secondary N) is 1. The molecule has 1 amide bonds. The van der Waals surface area contributed by atoms with Crippen LogP contribution < -0.4 is 5.32 Å². The lowest BCUT2D eigenvalue weighted by Gasteiger charge is -2.19. The Hall–Kier alpha value is -1.61. The molecular formula is C18H18BrNO. The third-order valence-electron chi connectivity index (χ3n) is 3.93. The van der Waals surface area contributed by atoms with Gasteiger partial charge in [0.05, 0.1) is 11.6 Å². The first-order valence-corrected chi connectivity index (χ1v) is 8.06. The number of carbonyl (C=O) groups is 1. The lowest BCUT2D eigenvalue weighted by molar-refractivity contribution is 0.0931. The van der Waals surface area contributed by atoms with Crippen LogP contribution in [0.4, 0.5) is 0 Å². The van der Waals surface area contributed by atoms with Crippen LogP contribution in [0.25, 0.3) is 0 Å². The van der Waals surface area contributed by atoms with Crippen molar-refractivity contribution in [3.63, 3.8) is 0 Å². The van der Waals surface area contributed by atoms with Crippen LogP contribution in [-0.4, -0.2) is 5.91 Å². The number of halogens is 1. The van der Waals surface area contributed by atoms with E-state index in [1.54, 1.807) is 0 Å². The summed E-state index contributed by atoms with van der Waals surface area (Å²) in [5.41, 5.74) is 3.13. The Morgan fingerprint density at radius 2 is 1.81 bits per heavy atom. The Kier molecular flexibility index (Phi) is 4.11. The zero-order valence-corrected chi connectivity index (χ0v) is 13.6. The van der Waals surface area contributed by atoms with Crippen molar-refractivity contribution in [2.45, 2.75) is 25.8 Å². The number of amides is 1. The molecule has 3 rings (SSSR count). The van der Waals surface area contributed by atoms with Gasteiger partial charge in [-0.25, -0.2) is 0 Å². The summed E-state index contributed by atoms with van der Waals surface area (Å²) in [7, 11) is 0. The molecule has 2 aromatic carbocycles.